The molecule has 0 heterocycles. The highest BCUT2D eigenvalue weighted by atomic mass is 19.4. The summed E-state index contributed by atoms with van der Waals surface area (Å²) < 4.78 is 130. The van der Waals surface area contributed by atoms with Crippen LogP contribution in [-0.4, -0.2) is 42.6 Å². The lowest BCUT2D eigenvalue weighted by Crippen LogP contribution is -2.41. The Balaban J connectivity index is 4.55. The zero-order valence-electron chi connectivity index (χ0n) is 12.1. The second kappa shape index (κ2) is 7.21. The minimum atomic E-state index is -5.91. The smallest absolute Gasteiger partial charge is 0.431 e. The summed E-state index contributed by atoms with van der Waals surface area (Å²) in [5.74, 6) is -10.4. The van der Waals surface area contributed by atoms with E-state index in [1.165, 1.54) is 0 Å². The second-order valence-corrected chi connectivity index (χ2v) is 4.92. The molecule has 24 heavy (non-hydrogen) atoms. The first-order valence-corrected chi connectivity index (χ1v) is 6.15. The van der Waals surface area contributed by atoms with Crippen molar-refractivity contribution in [2.45, 2.75) is 63.1 Å². The Morgan fingerprint density at radius 2 is 0.958 bits per heavy atom. The van der Waals surface area contributed by atoms with Gasteiger partial charge in [-0.1, -0.05) is 0 Å². The number of ether oxygens (including phenoxy) is 2. The first kappa shape index (κ1) is 22.6. The van der Waals surface area contributed by atoms with Crippen molar-refractivity contribution in [3.05, 3.63) is 0 Å². The van der Waals surface area contributed by atoms with Crippen LogP contribution >= 0.6 is 0 Å². The summed E-state index contributed by atoms with van der Waals surface area (Å²) in [6.07, 6.45) is -21.8. The fourth-order valence-corrected chi connectivity index (χ4v) is 1.39. The molecule has 0 radical (unpaired) electrons. The topological polar surface area (TPSA) is 35.5 Å². The number of halogens is 10. The maximum atomic E-state index is 12.7. The highest BCUT2D eigenvalue weighted by molar-refractivity contribution is 5.60. The van der Waals surface area contributed by atoms with Crippen LogP contribution in [0.3, 0.4) is 0 Å². The predicted molar refractivity (Wildman–Crippen MR) is 57.7 cm³/mol. The number of hydrogen-bond donors (Lipinski definition) is 0. The molecule has 0 aromatic carbocycles. The molecule has 0 aliphatic carbocycles. The van der Waals surface area contributed by atoms with Crippen LogP contribution in [0.15, 0.2) is 0 Å². The molecule has 0 aliphatic rings. The lowest BCUT2D eigenvalue weighted by atomic mass is 10.1. The third-order valence-electron chi connectivity index (χ3n) is 2.51. The minimum absolute atomic E-state index is 0.635. The lowest BCUT2D eigenvalue weighted by Gasteiger charge is -2.24. The molecule has 0 aromatic heterocycles. The molecule has 0 bridgehead atoms. The maximum Gasteiger partial charge on any atom is 0.508 e. The van der Waals surface area contributed by atoms with E-state index in [1.54, 1.807) is 0 Å². The van der Waals surface area contributed by atoms with Gasteiger partial charge in [-0.15, -0.1) is 0 Å². The summed E-state index contributed by atoms with van der Waals surface area (Å²) in [5, 5.41) is 0. The summed E-state index contributed by atoms with van der Waals surface area (Å²) in [4.78, 5) is 11.0. The summed E-state index contributed by atoms with van der Waals surface area (Å²) >= 11 is 0. The number of hydrogen-bond acceptors (Lipinski definition) is 3. The van der Waals surface area contributed by atoms with E-state index in [0.29, 0.717) is 13.8 Å². The van der Waals surface area contributed by atoms with Gasteiger partial charge in [-0.25, -0.2) is 4.79 Å². The Morgan fingerprint density at radius 3 is 1.17 bits per heavy atom. The molecule has 0 spiro atoms. The maximum absolute atomic E-state index is 12.7. The van der Waals surface area contributed by atoms with Gasteiger partial charge in [0.15, 0.2) is 0 Å². The molecular formula is C11H12F10O3. The van der Waals surface area contributed by atoms with Crippen molar-refractivity contribution >= 4 is 6.16 Å². The van der Waals surface area contributed by atoms with E-state index in [1.807, 2.05) is 0 Å². The Bertz CT molecular complexity index is 391. The van der Waals surface area contributed by atoms with Gasteiger partial charge in [0.2, 0.25) is 0 Å². The molecule has 2 unspecified atom stereocenters. The molecule has 0 amide bonds. The zero-order chi connectivity index (χ0) is 19.6. The molecule has 0 saturated carbocycles. The molecule has 0 aliphatic heterocycles. The Labute approximate surface area is 128 Å². The second-order valence-electron chi connectivity index (χ2n) is 4.92. The fourth-order valence-electron chi connectivity index (χ4n) is 1.39. The minimum Gasteiger partial charge on any atom is -0.431 e. The summed E-state index contributed by atoms with van der Waals surface area (Å²) in [6, 6.07) is 0. The van der Waals surface area contributed by atoms with Gasteiger partial charge in [0, 0.05) is 0 Å². The van der Waals surface area contributed by atoms with E-state index >= 15 is 0 Å². The van der Waals surface area contributed by atoms with Gasteiger partial charge >= 0.3 is 30.4 Å². The van der Waals surface area contributed by atoms with Crippen LogP contribution in [0.2, 0.25) is 0 Å². The average Bonchev–Trinajstić information content (AvgIpc) is 2.22. The average molecular weight is 382 g/mol. The number of carbonyl (C=O) groups is 1. The van der Waals surface area contributed by atoms with Gasteiger partial charge in [0.25, 0.3) is 0 Å². The summed E-state index contributed by atoms with van der Waals surface area (Å²) in [5.41, 5.74) is 0. The van der Waals surface area contributed by atoms with Crippen LogP contribution in [0.1, 0.15) is 26.7 Å². The Hall–Kier alpha value is -1.43. The summed E-state index contributed by atoms with van der Waals surface area (Å²) in [7, 11) is 0. The molecule has 0 rings (SSSR count). The van der Waals surface area contributed by atoms with Crippen LogP contribution in [0.25, 0.3) is 0 Å². The monoisotopic (exact) mass is 382 g/mol. The van der Waals surface area contributed by atoms with Gasteiger partial charge in [-0.05, 0) is 13.8 Å². The molecular weight excluding hydrogens is 370 g/mol. The standard InChI is InChI=1S/C11H12F10O3/c1-5(3-8(12,13)10(16,17)18)23-7(22)24-6(2)4-9(14,15)11(19,20)21/h5-6H,3-4H2,1-2H3. The van der Waals surface area contributed by atoms with Crippen LogP contribution < -0.4 is 0 Å². The zero-order valence-corrected chi connectivity index (χ0v) is 12.1. The normalized spacial score (nSPS) is 16.5. The van der Waals surface area contributed by atoms with Gasteiger partial charge in [0.05, 0.1) is 12.8 Å². The van der Waals surface area contributed by atoms with Crippen LogP contribution in [0, 0.1) is 0 Å². The van der Waals surface area contributed by atoms with Crippen molar-refractivity contribution in [3.63, 3.8) is 0 Å². The van der Waals surface area contributed by atoms with Crippen molar-refractivity contribution < 1.29 is 58.2 Å². The van der Waals surface area contributed by atoms with E-state index in [4.69, 9.17) is 0 Å². The summed E-state index contributed by atoms with van der Waals surface area (Å²) in [6.45, 7) is 1.27. The van der Waals surface area contributed by atoms with Gasteiger partial charge in [0.1, 0.15) is 12.2 Å². The predicted octanol–water partition coefficient (Wildman–Crippen LogP) is 5.09. The number of carbonyl (C=O) groups excluding carboxylic acids is 1. The van der Waals surface area contributed by atoms with E-state index in [2.05, 4.69) is 9.47 Å². The van der Waals surface area contributed by atoms with Gasteiger partial charge in [-0.3, -0.25) is 0 Å². The molecule has 13 heteroatoms. The van der Waals surface area contributed by atoms with Gasteiger partial charge in [-0.2, -0.15) is 43.9 Å². The number of alkyl halides is 10. The van der Waals surface area contributed by atoms with Crippen molar-refractivity contribution in [1.29, 1.82) is 0 Å². The van der Waals surface area contributed by atoms with E-state index in [0.717, 1.165) is 0 Å². The molecule has 0 saturated heterocycles. The highest BCUT2D eigenvalue weighted by Crippen LogP contribution is 2.40. The SMILES string of the molecule is CC(CC(F)(F)C(F)(F)F)OC(=O)OC(C)CC(F)(F)C(F)(F)F. The van der Waals surface area contributed by atoms with Gasteiger partial charge < -0.3 is 9.47 Å². The lowest BCUT2D eigenvalue weighted by molar-refractivity contribution is -0.291. The van der Waals surface area contributed by atoms with E-state index < -0.39 is 55.4 Å². The van der Waals surface area contributed by atoms with Crippen LogP contribution in [0.4, 0.5) is 48.7 Å². The van der Waals surface area contributed by atoms with Crippen molar-refractivity contribution in [3.8, 4) is 0 Å². The van der Waals surface area contributed by atoms with E-state index in [9.17, 15) is 48.7 Å². The van der Waals surface area contributed by atoms with Crippen LogP contribution in [-0.2, 0) is 9.47 Å². The van der Waals surface area contributed by atoms with Crippen molar-refractivity contribution in [1.82, 2.24) is 0 Å². The largest absolute Gasteiger partial charge is 0.508 e. The van der Waals surface area contributed by atoms with Crippen molar-refractivity contribution in [2.75, 3.05) is 0 Å². The fraction of sp³-hybridized carbons (Fsp3) is 0.909. The molecule has 144 valence electrons. The Kier molecular flexibility index (Phi) is 6.78. The molecule has 0 aromatic rings. The first-order valence-electron chi connectivity index (χ1n) is 6.15. The van der Waals surface area contributed by atoms with Crippen molar-refractivity contribution in [2.24, 2.45) is 0 Å². The number of rotatable bonds is 6. The third-order valence-corrected chi connectivity index (χ3v) is 2.51. The molecule has 3 nitrogen and oxygen atoms in total. The Morgan fingerprint density at radius 1 is 0.708 bits per heavy atom. The molecule has 0 N–H and O–H groups in total. The highest BCUT2D eigenvalue weighted by Gasteiger charge is 2.59. The molecule has 0 fully saturated rings. The molecule has 2 atom stereocenters. The van der Waals surface area contributed by atoms with E-state index in [-0.39, 0.29) is 0 Å². The third kappa shape index (κ3) is 6.59. The first-order chi connectivity index (χ1) is 10.4. The van der Waals surface area contributed by atoms with Crippen LogP contribution in [0.5, 0.6) is 0 Å². The quantitative estimate of drug-likeness (QED) is 0.474.